The van der Waals surface area contributed by atoms with Crippen LogP contribution >= 0.6 is 0 Å². The van der Waals surface area contributed by atoms with Crippen molar-refractivity contribution in [1.29, 1.82) is 0 Å². The highest BCUT2D eigenvalue weighted by molar-refractivity contribution is 5.34. The highest BCUT2D eigenvalue weighted by Crippen LogP contribution is 2.19. The van der Waals surface area contributed by atoms with Gasteiger partial charge in [0, 0.05) is 0 Å². The van der Waals surface area contributed by atoms with Gasteiger partial charge in [0.25, 0.3) is 0 Å². The van der Waals surface area contributed by atoms with Gasteiger partial charge in [-0.05, 0) is 54.4 Å². The summed E-state index contributed by atoms with van der Waals surface area (Å²) in [5.74, 6) is 0. The van der Waals surface area contributed by atoms with E-state index in [1.807, 2.05) is 0 Å². The predicted octanol–water partition coefficient (Wildman–Crippen LogP) is 7.52. The molecule has 2 rings (SSSR count). The summed E-state index contributed by atoms with van der Waals surface area (Å²) in [6.07, 6.45) is 14.3. The molecule has 0 fully saturated rings. The maximum atomic E-state index is 2.48. The van der Waals surface area contributed by atoms with Crippen LogP contribution in [0.1, 0.15) is 87.5 Å². The Morgan fingerprint density at radius 3 is 1.56 bits per heavy atom. The van der Waals surface area contributed by atoms with E-state index >= 15 is 0 Å². The number of rotatable bonds is 12. The maximum absolute atomic E-state index is 2.48. The molecule has 0 N–H and O–H groups in total. The number of unbranched alkanes of at least 4 members (excludes halogenated alkanes) is 6. The van der Waals surface area contributed by atoms with Gasteiger partial charge in [0.05, 0.1) is 0 Å². The molecule has 2 aromatic carbocycles. The molecule has 0 heterocycles. The van der Waals surface area contributed by atoms with Crippen LogP contribution in [0, 0.1) is 0 Å². The molecule has 0 atom stereocenters. The van der Waals surface area contributed by atoms with Gasteiger partial charge in [0.1, 0.15) is 0 Å². The highest BCUT2D eigenvalue weighted by Gasteiger charge is 2.04. The molecule has 2 aromatic rings. The van der Waals surface area contributed by atoms with E-state index in [2.05, 4.69) is 62.4 Å². The summed E-state index contributed by atoms with van der Waals surface area (Å²) >= 11 is 0. The molecule has 0 bridgehead atoms. The zero-order valence-electron chi connectivity index (χ0n) is 16.4. The van der Waals surface area contributed by atoms with Crippen molar-refractivity contribution in [3.05, 3.63) is 70.8 Å². The first-order chi connectivity index (χ1) is 12.3. The summed E-state index contributed by atoms with van der Waals surface area (Å²) < 4.78 is 0. The summed E-state index contributed by atoms with van der Waals surface area (Å²) in [4.78, 5) is 0. The fourth-order valence-corrected chi connectivity index (χ4v) is 3.57. The molecule has 0 aromatic heterocycles. The Balaban J connectivity index is 2.04. The van der Waals surface area contributed by atoms with Crippen molar-refractivity contribution in [2.75, 3.05) is 0 Å². The third-order valence-electron chi connectivity index (χ3n) is 5.00. The first-order valence-electron chi connectivity index (χ1n) is 10.5. The molecule has 0 aliphatic rings. The molecule has 0 amide bonds. The first kappa shape index (κ1) is 19.8. The van der Waals surface area contributed by atoms with Crippen molar-refractivity contribution in [3.63, 3.8) is 0 Å². The van der Waals surface area contributed by atoms with Crippen molar-refractivity contribution in [2.24, 2.45) is 0 Å². The second-order valence-corrected chi connectivity index (χ2v) is 7.44. The van der Waals surface area contributed by atoms with E-state index in [0.717, 1.165) is 6.42 Å². The van der Waals surface area contributed by atoms with E-state index in [1.165, 1.54) is 75.3 Å². The number of benzene rings is 2. The minimum absolute atomic E-state index is 1.06. The Morgan fingerprint density at radius 2 is 1.04 bits per heavy atom. The number of hydrogen-bond acceptors (Lipinski definition) is 0. The maximum Gasteiger partial charge on any atom is -0.00256 e. The van der Waals surface area contributed by atoms with Crippen LogP contribution in [-0.4, -0.2) is 0 Å². The Hall–Kier alpha value is -1.56. The minimum Gasteiger partial charge on any atom is -0.0654 e. The van der Waals surface area contributed by atoms with Gasteiger partial charge in [-0.25, -0.2) is 0 Å². The van der Waals surface area contributed by atoms with E-state index in [9.17, 15) is 0 Å². The lowest BCUT2D eigenvalue weighted by molar-refractivity contribution is 0.660. The molecule has 0 heteroatoms. The smallest absolute Gasteiger partial charge is 0.00256 e. The predicted molar refractivity (Wildman–Crippen MR) is 111 cm³/mol. The standard InChI is InChI=1S/C25H36/c1-3-5-7-10-16-23-19-24(17-11-8-6-4-2)21-25(20-23)18-22-14-12-9-13-15-22/h9,12-15,19-21H,3-8,10-11,16-18H2,1-2H3. The zero-order chi connectivity index (χ0) is 17.7. The zero-order valence-corrected chi connectivity index (χ0v) is 16.4. The summed E-state index contributed by atoms with van der Waals surface area (Å²) in [7, 11) is 0. The van der Waals surface area contributed by atoms with Crippen molar-refractivity contribution in [2.45, 2.75) is 84.5 Å². The second kappa shape index (κ2) is 11.9. The molecule has 0 saturated carbocycles. The molecule has 136 valence electrons. The van der Waals surface area contributed by atoms with Gasteiger partial charge in [0.2, 0.25) is 0 Å². The van der Waals surface area contributed by atoms with Gasteiger partial charge >= 0.3 is 0 Å². The van der Waals surface area contributed by atoms with Crippen LogP contribution in [0.5, 0.6) is 0 Å². The Kier molecular flexibility index (Phi) is 9.41. The first-order valence-corrected chi connectivity index (χ1v) is 10.5. The van der Waals surface area contributed by atoms with Gasteiger partial charge in [-0.1, -0.05) is 101 Å². The summed E-state index contributed by atoms with van der Waals surface area (Å²) in [5, 5.41) is 0. The Labute approximate surface area is 155 Å². The molecule has 0 aliphatic heterocycles. The molecule has 0 aliphatic carbocycles. The van der Waals surface area contributed by atoms with Gasteiger partial charge in [-0.3, -0.25) is 0 Å². The van der Waals surface area contributed by atoms with Gasteiger partial charge < -0.3 is 0 Å². The van der Waals surface area contributed by atoms with Crippen LogP contribution < -0.4 is 0 Å². The highest BCUT2D eigenvalue weighted by atomic mass is 14.1. The van der Waals surface area contributed by atoms with Crippen LogP contribution in [0.15, 0.2) is 48.5 Å². The summed E-state index contributed by atoms with van der Waals surface area (Å²) in [6.45, 7) is 4.57. The SMILES string of the molecule is CCCCCCc1cc(CCCCCC)cc(Cc2ccccc2)c1. The quantitative estimate of drug-likeness (QED) is 0.351. The topological polar surface area (TPSA) is 0 Å². The molecule has 0 unspecified atom stereocenters. The molecular formula is C25H36. The second-order valence-electron chi connectivity index (χ2n) is 7.44. The third kappa shape index (κ3) is 7.90. The molecule has 0 saturated heterocycles. The van der Waals surface area contributed by atoms with Crippen molar-refractivity contribution in [3.8, 4) is 0 Å². The van der Waals surface area contributed by atoms with Gasteiger partial charge in [-0.15, -0.1) is 0 Å². The average Bonchev–Trinajstić information content (AvgIpc) is 2.63. The van der Waals surface area contributed by atoms with E-state index in [0.29, 0.717) is 0 Å². The molecule has 0 radical (unpaired) electrons. The summed E-state index contributed by atoms with van der Waals surface area (Å²) in [5.41, 5.74) is 6.01. The lowest BCUT2D eigenvalue weighted by Crippen LogP contribution is -1.96. The average molecular weight is 337 g/mol. The van der Waals surface area contributed by atoms with Crippen molar-refractivity contribution in [1.82, 2.24) is 0 Å². The van der Waals surface area contributed by atoms with Crippen LogP contribution in [0.25, 0.3) is 0 Å². The van der Waals surface area contributed by atoms with Crippen LogP contribution in [-0.2, 0) is 19.3 Å². The molecule has 25 heavy (non-hydrogen) atoms. The lowest BCUT2D eigenvalue weighted by Gasteiger charge is -2.11. The van der Waals surface area contributed by atoms with E-state index in [4.69, 9.17) is 0 Å². The molecule has 0 spiro atoms. The van der Waals surface area contributed by atoms with Gasteiger partial charge in [-0.2, -0.15) is 0 Å². The minimum atomic E-state index is 1.06. The van der Waals surface area contributed by atoms with Crippen LogP contribution in [0.3, 0.4) is 0 Å². The monoisotopic (exact) mass is 336 g/mol. The third-order valence-corrected chi connectivity index (χ3v) is 5.00. The van der Waals surface area contributed by atoms with Crippen LogP contribution in [0.4, 0.5) is 0 Å². The fraction of sp³-hybridized carbons (Fsp3) is 0.520. The van der Waals surface area contributed by atoms with Gasteiger partial charge in [0.15, 0.2) is 0 Å². The molecule has 0 nitrogen and oxygen atoms in total. The fourth-order valence-electron chi connectivity index (χ4n) is 3.57. The normalized spacial score (nSPS) is 11.0. The Bertz CT molecular complexity index is 552. The van der Waals surface area contributed by atoms with Crippen molar-refractivity contribution >= 4 is 0 Å². The van der Waals surface area contributed by atoms with E-state index < -0.39 is 0 Å². The lowest BCUT2D eigenvalue weighted by atomic mass is 9.95. The number of aryl methyl sites for hydroxylation is 2. The van der Waals surface area contributed by atoms with E-state index in [-0.39, 0.29) is 0 Å². The Morgan fingerprint density at radius 1 is 0.520 bits per heavy atom. The summed E-state index contributed by atoms with van der Waals surface area (Å²) in [6, 6.07) is 18.3. The van der Waals surface area contributed by atoms with Crippen LogP contribution in [0.2, 0.25) is 0 Å². The largest absolute Gasteiger partial charge is 0.0654 e. The van der Waals surface area contributed by atoms with Crippen molar-refractivity contribution < 1.29 is 0 Å². The van der Waals surface area contributed by atoms with E-state index in [1.54, 1.807) is 11.1 Å². The number of hydrogen-bond donors (Lipinski definition) is 0. The molecular weight excluding hydrogens is 300 g/mol.